The standard InChI is InChI=1S/C16H22N2O3/c1-10-5-3-4-6-14(10)18-16(21)17-12-7-8-13(15(19)20)11(2)9-12/h7-10,14H,3-6H2,1-2H3,(H,19,20)(H2,17,18,21). The molecule has 0 aromatic heterocycles. The maximum absolute atomic E-state index is 12.0. The van der Waals surface area contributed by atoms with Crippen LogP contribution in [0.25, 0.3) is 0 Å². The number of carboxylic acid groups (broad SMARTS) is 1. The van der Waals surface area contributed by atoms with Gasteiger partial charge in [-0.05, 0) is 49.4 Å². The van der Waals surface area contributed by atoms with Crippen molar-refractivity contribution < 1.29 is 14.7 Å². The van der Waals surface area contributed by atoms with Gasteiger partial charge in [-0.1, -0.05) is 19.8 Å². The smallest absolute Gasteiger partial charge is 0.335 e. The molecule has 0 spiro atoms. The van der Waals surface area contributed by atoms with Crippen molar-refractivity contribution in [3.8, 4) is 0 Å². The number of anilines is 1. The summed E-state index contributed by atoms with van der Waals surface area (Å²) in [6, 6.07) is 4.79. The molecule has 2 amide bonds. The summed E-state index contributed by atoms with van der Waals surface area (Å²) in [6.07, 6.45) is 4.56. The van der Waals surface area contributed by atoms with Crippen molar-refractivity contribution in [2.75, 3.05) is 5.32 Å². The fourth-order valence-electron chi connectivity index (χ4n) is 2.85. The summed E-state index contributed by atoms with van der Waals surface area (Å²) in [6.45, 7) is 3.88. The second-order valence-corrected chi connectivity index (χ2v) is 5.80. The maximum atomic E-state index is 12.0. The first-order valence-corrected chi connectivity index (χ1v) is 7.39. The summed E-state index contributed by atoms with van der Waals surface area (Å²) in [5.41, 5.74) is 1.49. The molecule has 1 aliphatic carbocycles. The molecule has 0 bridgehead atoms. The maximum Gasteiger partial charge on any atom is 0.335 e. The molecule has 0 saturated heterocycles. The van der Waals surface area contributed by atoms with E-state index in [1.165, 1.54) is 12.5 Å². The number of carbonyl (C=O) groups is 2. The highest BCUT2D eigenvalue weighted by molar-refractivity contribution is 5.92. The molecule has 0 heterocycles. The summed E-state index contributed by atoms with van der Waals surface area (Å²) < 4.78 is 0. The molecule has 1 fully saturated rings. The topological polar surface area (TPSA) is 78.4 Å². The van der Waals surface area contributed by atoms with Gasteiger partial charge in [-0.25, -0.2) is 9.59 Å². The fourth-order valence-corrected chi connectivity index (χ4v) is 2.85. The van der Waals surface area contributed by atoms with Gasteiger partial charge in [-0.2, -0.15) is 0 Å². The fraction of sp³-hybridized carbons (Fsp3) is 0.500. The Kier molecular flexibility index (Phi) is 4.83. The molecule has 21 heavy (non-hydrogen) atoms. The number of amides is 2. The van der Waals surface area contributed by atoms with E-state index in [9.17, 15) is 9.59 Å². The van der Waals surface area contributed by atoms with Gasteiger partial charge in [0.15, 0.2) is 0 Å². The number of nitrogens with one attached hydrogen (secondary N) is 2. The van der Waals surface area contributed by atoms with E-state index in [4.69, 9.17) is 5.11 Å². The Morgan fingerprint density at radius 2 is 1.95 bits per heavy atom. The van der Waals surface area contributed by atoms with Crippen molar-refractivity contribution in [2.24, 2.45) is 5.92 Å². The third-order valence-corrected chi connectivity index (χ3v) is 4.14. The highest BCUT2D eigenvalue weighted by Crippen LogP contribution is 2.24. The lowest BCUT2D eigenvalue weighted by molar-refractivity contribution is 0.0696. The third kappa shape index (κ3) is 3.97. The number of hydrogen-bond acceptors (Lipinski definition) is 2. The largest absolute Gasteiger partial charge is 0.478 e. The van der Waals surface area contributed by atoms with Gasteiger partial charge >= 0.3 is 12.0 Å². The molecule has 1 aliphatic rings. The summed E-state index contributed by atoms with van der Waals surface area (Å²) in [7, 11) is 0. The van der Waals surface area contributed by atoms with Gasteiger partial charge in [-0.3, -0.25) is 0 Å². The minimum atomic E-state index is -0.959. The van der Waals surface area contributed by atoms with Crippen LogP contribution in [-0.2, 0) is 0 Å². The van der Waals surface area contributed by atoms with Gasteiger partial charge in [0.2, 0.25) is 0 Å². The van der Waals surface area contributed by atoms with Crippen molar-refractivity contribution in [3.63, 3.8) is 0 Å². The lowest BCUT2D eigenvalue weighted by atomic mass is 9.86. The van der Waals surface area contributed by atoms with E-state index in [0.29, 0.717) is 17.2 Å². The number of aryl methyl sites for hydroxylation is 1. The Morgan fingerprint density at radius 1 is 1.24 bits per heavy atom. The molecule has 1 aromatic rings. The van der Waals surface area contributed by atoms with Gasteiger partial charge in [0, 0.05) is 11.7 Å². The number of rotatable bonds is 3. The Bertz CT molecular complexity index is 542. The molecular weight excluding hydrogens is 268 g/mol. The van der Waals surface area contributed by atoms with E-state index in [1.54, 1.807) is 19.1 Å². The van der Waals surface area contributed by atoms with E-state index in [2.05, 4.69) is 17.6 Å². The van der Waals surface area contributed by atoms with Crippen LogP contribution in [0.1, 0.15) is 48.5 Å². The monoisotopic (exact) mass is 290 g/mol. The second kappa shape index (κ2) is 6.61. The van der Waals surface area contributed by atoms with E-state index >= 15 is 0 Å². The SMILES string of the molecule is Cc1cc(NC(=O)NC2CCCCC2C)ccc1C(=O)O. The zero-order valence-electron chi connectivity index (χ0n) is 12.5. The highest BCUT2D eigenvalue weighted by atomic mass is 16.4. The molecule has 114 valence electrons. The molecule has 1 saturated carbocycles. The highest BCUT2D eigenvalue weighted by Gasteiger charge is 2.22. The van der Waals surface area contributed by atoms with Crippen LogP contribution < -0.4 is 10.6 Å². The van der Waals surface area contributed by atoms with Crippen LogP contribution in [0.3, 0.4) is 0 Å². The van der Waals surface area contributed by atoms with Gasteiger partial charge in [-0.15, -0.1) is 0 Å². The Balaban J connectivity index is 1.96. The Labute approximate surface area is 124 Å². The van der Waals surface area contributed by atoms with Crippen molar-refractivity contribution in [1.29, 1.82) is 0 Å². The first-order chi connectivity index (χ1) is 9.97. The number of carbonyl (C=O) groups excluding carboxylic acids is 1. The van der Waals surface area contributed by atoms with Crippen molar-refractivity contribution in [1.82, 2.24) is 5.32 Å². The molecular formula is C16H22N2O3. The number of benzene rings is 1. The lowest BCUT2D eigenvalue weighted by Crippen LogP contribution is -2.43. The molecule has 2 unspecified atom stereocenters. The molecule has 0 aliphatic heterocycles. The van der Waals surface area contributed by atoms with Gasteiger partial charge in [0.25, 0.3) is 0 Å². The molecule has 5 nitrogen and oxygen atoms in total. The summed E-state index contributed by atoms with van der Waals surface area (Å²) in [4.78, 5) is 23.0. The van der Waals surface area contributed by atoms with Crippen LogP contribution in [0, 0.1) is 12.8 Å². The van der Waals surface area contributed by atoms with Crippen LogP contribution in [0.4, 0.5) is 10.5 Å². The van der Waals surface area contributed by atoms with E-state index < -0.39 is 5.97 Å². The average Bonchev–Trinajstić information content (AvgIpc) is 2.41. The minimum Gasteiger partial charge on any atom is -0.478 e. The van der Waals surface area contributed by atoms with Gasteiger partial charge in [0.1, 0.15) is 0 Å². The van der Waals surface area contributed by atoms with Gasteiger partial charge < -0.3 is 15.7 Å². The number of aromatic carboxylic acids is 1. The van der Waals surface area contributed by atoms with Gasteiger partial charge in [0.05, 0.1) is 5.56 Å². The Morgan fingerprint density at radius 3 is 2.57 bits per heavy atom. The van der Waals surface area contributed by atoms with Crippen molar-refractivity contribution in [2.45, 2.75) is 45.6 Å². The molecule has 0 radical (unpaired) electrons. The van der Waals surface area contributed by atoms with Crippen LogP contribution >= 0.6 is 0 Å². The molecule has 3 N–H and O–H groups in total. The third-order valence-electron chi connectivity index (χ3n) is 4.14. The summed E-state index contributed by atoms with van der Waals surface area (Å²) in [5, 5.41) is 14.8. The molecule has 2 rings (SSSR count). The Hall–Kier alpha value is -2.04. The number of urea groups is 1. The minimum absolute atomic E-state index is 0.220. The zero-order valence-corrected chi connectivity index (χ0v) is 12.5. The van der Waals surface area contributed by atoms with E-state index in [0.717, 1.165) is 19.3 Å². The zero-order chi connectivity index (χ0) is 15.4. The predicted octanol–water partition coefficient (Wildman–Crippen LogP) is 3.39. The van der Waals surface area contributed by atoms with Crippen molar-refractivity contribution >= 4 is 17.7 Å². The molecule has 1 aromatic carbocycles. The van der Waals surface area contributed by atoms with Crippen LogP contribution in [0.2, 0.25) is 0 Å². The second-order valence-electron chi connectivity index (χ2n) is 5.80. The summed E-state index contributed by atoms with van der Waals surface area (Å²) >= 11 is 0. The number of carboxylic acids is 1. The first-order valence-electron chi connectivity index (χ1n) is 7.39. The van der Waals surface area contributed by atoms with Crippen molar-refractivity contribution in [3.05, 3.63) is 29.3 Å². The number of hydrogen-bond donors (Lipinski definition) is 3. The van der Waals surface area contributed by atoms with Crippen LogP contribution in [-0.4, -0.2) is 23.1 Å². The normalized spacial score (nSPS) is 21.6. The summed E-state index contributed by atoms with van der Waals surface area (Å²) in [5.74, 6) is -0.458. The first kappa shape index (κ1) is 15.4. The molecule has 5 heteroatoms. The average molecular weight is 290 g/mol. The van der Waals surface area contributed by atoms with E-state index in [1.807, 2.05) is 0 Å². The predicted molar refractivity (Wildman–Crippen MR) is 81.7 cm³/mol. The van der Waals surface area contributed by atoms with Crippen LogP contribution in [0.15, 0.2) is 18.2 Å². The van der Waals surface area contributed by atoms with E-state index in [-0.39, 0.29) is 17.6 Å². The quantitative estimate of drug-likeness (QED) is 0.798. The molecule has 2 atom stereocenters. The van der Waals surface area contributed by atoms with Crippen LogP contribution in [0.5, 0.6) is 0 Å². The lowest BCUT2D eigenvalue weighted by Gasteiger charge is -2.29.